The van der Waals surface area contributed by atoms with Gasteiger partial charge in [0.15, 0.2) is 0 Å². The summed E-state index contributed by atoms with van der Waals surface area (Å²) in [4.78, 5) is 21.6. The van der Waals surface area contributed by atoms with Crippen LogP contribution in [0.4, 0.5) is 10.6 Å². The first kappa shape index (κ1) is 13.0. The van der Waals surface area contributed by atoms with Gasteiger partial charge in [-0.15, -0.1) is 0 Å². The minimum absolute atomic E-state index is 0.187. The van der Waals surface area contributed by atoms with Gasteiger partial charge < -0.3 is 4.90 Å². The van der Waals surface area contributed by atoms with Gasteiger partial charge in [-0.3, -0.25) is 10.3 Å². The highest BCUT2D eigenvalue weighted by Gasteiger charge is 2.09. The number of urea groups is 1. The first-order chi connectivity index (χ1) is 9.15. The molecule has 0 aliphatic heterocycles. The summed E-state index contributed by atoms with van der Waals surface area (Å²) >= 11 is 0. The minimum atomic E-state index is -0.187. The maximum absolute atomic E-state index is 12.0. The Labute approximate surface area is 112 Å². The number of nitrogens with one attached hydrogen (secondary N) is 1. The molecule has 0 unspecified atom stereocenters. The highest BCUT2D eigenvalue weighted by atomic mass is 16.2. The maximum Gasteiger partial charge on any atom is 0.323 e. The van der Waals surface area contributed by atoms with E-state index in [0.29, 0.717) is 12.4 Å². The van der Waals surface area contributed by atoms with Crippen LogP contribution in [0.2, 0.25) is 0 Å². The van der Waals surface area contributed by atoms with Crippen molar-refractivity contribution >= 4 is 11.8 Å². The van der Waals surface area contributed by atoms with Gasteiger partial charge in [-0.05, 0) is 36.2 Å². The fourth-order valence-corrected chi connectivity index (χ4v) is 1.58. The molecule has 0 radical (unpaired) electrons. The molecule has 0 aliphatic rings. The first-order valence-electron chi connectivity index (χ1n) is 5.99. The Morgan fingerprint density at radius 3 is 2.63 bits per heavy atom. The molecule has 2 aromatic heterocycles. The van der Waals surface area contributed by atoms with Gasteiger partial charge in [-0.25, -0.2) is 9.78 Å². The van der Waals surface area contributed by atoms with E-state index >= 15 is 0 Å². The van der Waals surface area contributed by atoms with Crippen LogP contribution < -0.4 is 5.32 Å². The third-order valence-corrected chi connectivity index (χ3v) is 2.66. The summed E-state index contributed by atoms with van der Waals surface area (Å²) in [6, 6.07) is 7.27. The second-order valence-corrected chi connectivity index (χ2v) is 4.36. The number of rotatable bonds is 3. The molecule has 2 rings (SSSR count). The van der Waals surface area contributed by atoms with Gasteiger partial charge in [0.2, 0.25) is 0 Å². The number of nitrogens with zero attached hydrogens (tertiary/aromatic N) is 3. The summed E-state index contributed by atoms with van der Waals surface area (Å²) < 4.78 is 0. The van der Waals surface area contributed by atoms with E-state index in [0.717, 1.165) is 11.1 Å². The zero-order valence-corrected chi connectivity index (χ0v) is 11.0. The van der Waals surface area contributed by atoms with Crippen LogP contribution in [-0.4, -0.2) is 27.9 Å². The van der Waals surface area contributed by atoms with E-state index < -0.39 is 0 Å². The second kappa shape index (κ2) is 5.95. The molecule has 0 aromatic carbocycles. The minimum Gasteiger partial charge on any atom is -0.323 e. The maximum atomic E-state index is 12.0. The first-order valence-corrected chi connectivity index (χ1v) is 5.99. The lowest BCUT2D eigenvalue weighted by atomic mass is 10.2. The zero-order chi connectivity index (χ0) is 13.7. The predicted molar refractivity (Wildman–Crippen MR) is 73.7 cm³/mol. The van der Waals surface area contributed by atoms with Gasteiger partial charge in [0, 0.05) is 32.2 Å². The number of carbonyl (C=O) groups is 1. The predicted octanol–water partition coefficient (Wildman–Crippen LogP) is 2.45. The number of anilines is 1. The molecule has 98 valence electrons. The molecule has 0 saturated carbocycles. The second-order valence-electron chi connectivity index (χ2n) is 4.36. The van der Waals surface area contributed by atoms with E-state index in [9.17, 15) is 4.79 Å². The van der Waals surface area contributed by atoms with Gasteiger partial charge >= 0.3 is 6.03 Å². The van der Waals surface area contributed by atoms with Crippen LogP contribution in [0, 0.1) is 6.92 Å². The third kappa shape index (κ3) is 3.77. The summed E-state index contributed by atoms with van der Waals surface area (Å²) in [5.74, 6) is 0.553. The van der Waals surface area contributed by atoms with Crippen LogP contribution in [0.3, 0.4) is 0 Å². The lowest BCUT2D eigenvalue weighted by molar-refractivity contribution is 0.220. The molecular formula is C14H16N4O. The molecule has 5 heteroatoms. The SMILES string of the molecule is Cc1ccc(NC(=O)N(C)Cc2ccncc2)nc1. The molecule has 0 bridgehead atoms. The van der Waals surface area contributed by atoms with E-state index in [2.05, 4.69) is 15.3 Å². The Morgan fingerprint density at radius 2 is 2.00 bits per heavy atom. The molecular weight excluding hydrogens is 240 g/mol. The van der Waals surface area contributed by atoms with Crippen molar-refractivity contribution < 1.29 is 4.79 Å². The van der Waals surface area contributed by atoms with Crippen molar-refractivity contribution in [3.05, 3.63) is 54.0 Å². The summed E-state index contributed by atoms with van der Waals surface area (Å²) in [7, 11) is 1.74. The summed E-state index contributed by atoms with van der Waals surface area (Å²) in [6.45, 7) is 2.48. The molecule has 19 heavy (non-hydrogen) atoms. The topological polar surface area (TPSA) is 58.1 Å². The monoisotopic (exact) mass is 256 g/mol. The highest BCUT2D eigenvalue weighted by Crippen LogP contribution is 2.07. The quantitative estimate of drug-likeness (QED) is 0.917. The van der Waals surface area contributed by atoms with Gasteiger partial charge in [0.25, 0.3) is 0 Å². The lowest BCUT2D eigenvalue weighted by Crippen LogP contribution is -2.31. The summed E-state index contributed by atoms with van der Waals surface area (Å²) in [5.41, 5.74) is 2.09. The van der Waals surface area contributed by atoms with Gasteiger partial charge in [0.1, 0.15) is 5.82 Å². The number of pyridine rings is 2. The molecule has 2 amide bonds. The molecule has 0 atom stereocenters. The molecule has 2 aromatic rings. The van der Waals surface area contributed by atoms with Crippen molar-refractivity contribution in [2.45, 2.75) is 13.5 Å². The number of amides is 2. The number of carbonyl (C=O) groups excluding carboxylic acids is 1. The van der Waals surface area contributed by atoms with Crippen LogP contribution in [0.5, 0.6) is 0 Å². The summed E-state index contributed by atoms with van der Waals surface area (Å²) in [6.07, 6.45) is 5.14. The van der Waals surface area contributed by atoms with Crippen molar-refractivity contribution in [2.75, 3.05) is 12.4 Å². The van der Waals surface area contributed by atoms with E-state index in [1.54, 1.807) is 36.6 Å². The standard InChI is InChI=1S/C14H16N4O/c1-11-3-4-13(16-9-11)17-14(19)18(2)10-12-5-7-15-8-6-12/h3-9H,10H2,1-2H3,(H,16,17,19). The average Bonchev–Trinajstić information content (AvgIpc) is 2.42. The molecule has 0 spiro atoms. The Kier molecular flexibility index (Phi) is 4.07. The molecule has 0 aliphatic carbocycles. The Hall–Kier alpha value is -2.43. The molecule has 0 saturated heterocycles. The average molecular weight is 256 g/mol. The highest BCUT2D eigenvalue weighted by molar-refractivity contribution is 5.88. The third-order valence-electron chi connectivity index (χ3n) is 2.66. The normalized spacial score (nSPS) is 10.0. The smallest absolute Gasteiger partial charge is 0.323 e. The van der Waals surface area contributed by atoms with Crippen molar-refractivity contribution in [3.63, 3.8) is 0 Å². The summed E-state index contributed by atoms with van der Waals surface area (Å²) in [5, 5.41) is 2.75. The molecule has 1 N–H and O–H groups in total. The van der Waals surface area contributed by atoms with Crippen LogP contribution in [0.25, 0.3) is 0 Å². The van der Waals surface area contributed by atoms with E-state index in [1.165, 1.54) is 0 Å². The van der Waals surface area contributed by atoms with E-state index in [4.69, 9.17) is 0 Å². The van der Waals surface area contributed by atoms with Crippen molar-refractivity contribution in [1.82, 2.24) is 14.9 Å². The Morgan fingerprint density at radius 1 is 1.26 bits per heavy atom. The van der Waals surface area contributed by atoms with Gasteiger partial charge in [0.05, 0.1) is 0 Å². The van der Waals surface area contributed by atoms with E-state index in [-0.39, 0.29) is 6.03 Å². The Bertz CT molecular complexity index is 539. The fourth-order valence-electron chi connectivity index (χ4n) is 1.58. The van der Waals surface area contributed by atoms with Crippen LogP contribution in [-0.2, 0) is 6.54 Å². The lowest BCUT2D eigenvalue weighted by Gasteiger charge is -2.17. The number of hydrogen-bond acceptors (Lipinski definition) is 3. The van der Waals surface area contributed by atoms with Gasteiger partial charge in [-0.2, -0.15) is 0 Å². The number of aromatic nitrogens is 2. The van der Waals surface area contributed by atoms with Crippen molar-refractivity contribution in [2.24, 2.45) is 0 Å². The largest absolute Gasteiger partial charge is 0.323 e. The van der Waals surface area contributed by atoms with Crippen LogP contribution >= 0.6 is 0 Å². The zero-order valence-electron chi connectivity index (χ0n) is 11.0. The number of hydrogen-bond donors (Lipinski definition) is 1. The number of aryl methyl sites for hydroxylation is 1. The van der Waals surface area contributed by atoms with Crippen LogP contribution in [0.15, 0.2) is 42.9 Å². The Balaban J connectivity index is 1.94. The van der Waals surface area contributed by atoms with Gasteiger partial charge in [-0.1, -0.05) is 6.07 Å². The molecule has 2 heterocycles. The van der Waals surface area contributed by atoms with Crippen molar-refractivity contribution in [1.29, 1.82) is 0 Å². The fraction of sp³-hybridized carbons (Fsp3) is 0.214. The van der Waals surface area contributed by atoms with Crippen LogP contribution in [0.1, 0.15) is 11.1 Å². The van der Waals surface area contributed by atoms with E-state index in [1.807, 2.05) is 25.1 Å². The molecule has 5 nitrogen and oxygen atoms in total. The van der Waals surface area contributed by atoms with Crippen molar-refractivity contribution in [3.8, 4) is 0 Å². The molecule has 0 fully saturated rings.